The summed E-state index contributed by atoms with van der Waals surface area (Å²) in [4.78, 5) is 13.5. The van der Waals surface area contributed by atoms with Crippen molar-refractivity contribution < 1.29 is 13.6 Å². The third-order valence-electron chi connectivity index (χ3n) is 3.95. The van der Waals surface area contributed by atoms with Crippen molar-refractivity contribution in [3.8, 4) is 0 Å². The fourth-order valence-corrected chi connectivity index (χ4v) is 3.42. The number of nitrogens with zero attached hydrogens (tertiary/aromatic N) is 2. The zero-order valence-corrected chi connectivity index (χ0v) is 14.3. The van der Waals surface area contributed by atoms with Crippen LogP contribution in [0.15, 0.2) is 60.0 Å². The first-order valence-corrected chi connectivity index (χ1v) is 8.74. The van der Waals surface area contributed by atoms with E-state index < -0.39 is 17.5 Å². The Morgan fingerprint density at radius 3 is 2.73 bits per heavy atom. The zero-order chi connectivity index (χ0) is 18.1. The molecule has 1 amide bonds. The molecule has 0 bridgehead atoms. The van der Waals surface area contributed by atoms with Gasteiger partial charge >= 0.3 is 0 Å². The molecule has 130 valence electrons. The second kappa shape index (κ2) is 6.68. The van der Waals surface area contributed by atoms with Crippen LogP contribution in [-0.4, -0.2) is 15.7 Å². The third-order valence-corrected chi connectivity index (χ3v) is 4.81. The van der Waals surface area contributed by atoms with Crippen LogP contribution in [0.3, 0.4) is 0 Å². The van der Waals surface area contributed by atoms with E-state index in [1.54, 1.807) is 16.0 Å². The summed E-state index contributed by atoms with van der Waals surface area (Å²) in [5.41, 5.74) is 0.624. The van der Waals surface area contributed by atoms with E-state index in [1.165, 1.54) is 0 Å². The number of carbonyl (C=O) groups excluding carboxylic acids is 1. The molecule has 1 N–H and O–H groups in total. The Balaban J connectivity index is 1.69. The van der Waals surface area contributed by atoms with Crippen LogP contribution in [-0.2, 0) is 6.54 Å². The lowest BCUT2D eigenvalue weighted by Gasteiger charge is -2.04. The van der Waals surface area contributed by atoms with Gasteiger partial charge in [-0.25, -0.2) is 8.78 Å². The summed E-state index contributed by atoms with van der Waals surface area (Å²) in [6.45, 7) is 0.568. The van der Waals surface area contributed by atoms with Gasteiger partial charge in [-0.3, -0.25) is 9.48 Å². The highest BCUT2D eigenvalue weighted by Gasteiger charge is 2.17. The molecule has 4 aromatic rings. The van der Waals surface area contributed by atoms with Gasteiger partial charge in [0.15, 0.2) is 5.82 Å². The van der Waals surface area contributed by atoms with Crippen molar-refractivity contribution >= 4 is 34.0 Å². The smallest absolute Gasteiger partial charge is 0.259 e. The molecule has 0 aliphatic rings. The van der Waals surface area contributed by atoms with Gasteiger partial charge in [0.2, 0.25) is 0 Å². The molecule has 7 heteroatoms. The van der Waals surface area contributed by atoms with Crippen LogP contribution in [0.25, 0.3) is 10.9 Å². The predicted octanol–water partition coefficient (Wildman–Crippen LogP) is 4.68. The number of aromatic nitrogens is 2. The lowest BCUT2D eigenvalue weighted by atomic mass is 10.2. The van der Waals surface area contributed by atoms with Crippen LogP contribution in [0.5, 0.6) is 0 Å². The monoisotopic (exact) mass is 369 g/mol. The van der Waals surface area contributed by atoms with Gasteiger partial charge < -0.3 is 5.32 Å². The molecule has 0 atom stereocenters. The standard InChI is InChI=1S/C19H13F2N3OS/c20-12-7-8-14(16(21)10-12)19(25)22-18-15-5-1-2-6-17(15)24(23-18)11-13-4-3-9-26-13/h1-10H,11H2,(H,22,23,25). The van der Waals surface area contributed by atoms with Crippen molar-refractivity contribution in [3.63, 3.8) is 0 Å². The number of thiophene rings is 1. The number of nitrogens with one attached hydrogen (secondary N) is 1. The van der Waals surface area contributed by atoms with E-state index in [1.807, 2.05) is 41.8 Å². The van der Waals surface area contributed by atoms with E-state index in [0.29, 0.717) is 18.4 Å². The molecule has 0 radical (unpaired) electrons. The van der Waals surface area contributed by atoms with Gasteiger partial charge in [-0.05, 0) is 35.7 Å². The number of rotatable bonds is 4. The number of anilines is 1. The fourth-order valence-electron chi connectivity index (χ4n) is 2.74. The van der Waals surface area contributed by atoms with Crippen LogP contribution in [0.2, 0.25) is 0 Å². The van der Waals surface area contributed by atoms with Crippen molar-refractivity contribution in [2.24, 2.45) is 0 Å². The van der Waals surface area contributed by atoms with Gasteiger partial charge in [0.05, 0.1) is 17.6 Å². The number of benzene rings is 2. The van der Waals surface area contributed by atoms with E-state index >= 15 is 0 Å². The van der Waals surface area contributed by atoms with Crippen molar-refractivity contribution in [2.45, 2.75) is 6.54 Å². The first kappa shape index (κ1) is 16.4. The Labute approximate surface area is 151 Å². The number of hydrogen-bond acceptors (Lipinski definition) is 3. The molecule has 0 fully saturated rings. The van der Waals surface area contributed by atoms with Crippen LogP contribution >= 0.6 is 11.3 Å². The molecular formula is C19H13F2N3OS. The van der Waals surface area contributed by atoms with Gasteiger partial charge in [0.1, 0.15) is 11.6 Å². The first-order valence-electron chi connectivity index (χ1n) is 7.86. The van der Waals surface area contributed by atoms with E-state index in [0.717, 1.165) is 27.9 Å². The molecule has 0 aliphatic carbocycles. The number of carbonyl (C=O) groups is 1. The minimum atomic E-state index is -0.912. The van der Waals surface area contributed by atoms with Crippen LogP contribution < -0.4 is 5.32 Å². The Hall–Kier alpha value is -3.06. The van der Waals surface area contributed by atoms with Gasteiger partial charge in [-0.2, -0.15) is 5.10 Å². The zero-order valence-electron chi connectivity index (χ0n) is 13.4. The van der Waals surface area contributed by atoms with Crippen molar-refractivity contribution in [1.82, 2.24) is 9.78 Å². The van der Waals surface area contributed by atoms with E-state index in [9.17, 15) is 13.6 Å². The molecular weight excluding hydrogens is 356 g/mol. The second-order valence-electron chi connectivity index (χ2n) is 5.68. The van der Waals surface area contributed by atoms with Crippen LogP contribution in [0.4, 0.5) is 14.6 Å². The van der Waals surface area contributed by atoms with E-state index in [4.69, 9.17) is 0 Å². The normalized spacial score (nSPS) is 11.0. The second-order valence-corrected chi connectivity index (χ2v) is 6.71. The SMILES string of the molecule is O=C(Nc1nn(Cc2cccs2)c2ccccc12)c1ccc(F)cc1F. The summed E-state index contributed by atoms with van der Waals surface area (Å²) in [5, 5.41) is 9.84. The topological polar surface area (TPSA) is 46.9 Å². The fraction of sp³-hybridized carbons (Fsp3) is 0.0526. The van der Waals surface area contributed by atoms with Gasteiger partial charge in [-0.15, -0.1) is 11.3 Å². The molecule has 2 aromatic carbocycles. The summed E-state index contributed by atoms with van der Waals surface area (Å²) in [7, 11) is 0. The number of amides is 1. The van der Waals surface area contributed by atoms with Gasteiger partial charge in [-0.1, -0.05) is 18.2 Å². The summed E-state index contributed by atoms with van der Waals surface area (Å²) >= 11 is 1.62. The van der Waals surface area contributed by atoms with Crippen LogP contribution in [0, 0.1) is 11.6 Å². The van der Waals surface area contributed by atoms with Crippen molar-refractivity contribution in [3.05, 3.63) is 82.1 Å². The minimum absolute atomic E-state index is 0.233. The molecule has 2 aromatic heterocycles. The van der Waals surface area contributed by atoms with Crippen molar-refractivity contribution in [1.29, 1.82) is 0 Å². The third kappa shape index (κ3) is 3.09. The minimum Gasteiger partial charge on any atom is -0.304 e. The average Bonchev–Trinajstić information content (AvgIpc) is 3.24. The molecule has 2 heterocycles. The molecule has 4 rings (SSSR count). The Morgan fingerprint density at radius 2 is 1.96 bits per heavy atom. The molecule has 0 spiro atoms. The van der Waals surface area contributed by atoms with Crippen molar-refractivity contribution in [2.75, 3.05) is 5.32 Å². The number of hydrogen-bond donors (Lipinski definition) is 1. The van der Waals surface area contributed by atoms with E-state index in [2.05, 4.69) is 10.4 Å². The van der Waals surface area contributed by atoms with Gasteiger partial charge in [0.25, 0.3) is 5.91 Å². The number of halogens is 2. The first-order chi connectivity index (χ1) is 12.6. The maximum absolute atomic E-state index is 13.8. The predicted molar refractivity (Wildman–Crippen MR) is 97.5 cm³/mol. The number of fused-ring (bicyclic) bond motifs is 1. The summed E-state index contributed by atoms with van der Waals surface area (Å²) in [6.07, 6.45) is 0. The lowest BCUT2D eigenvalue weighted by molar-refractivity contribution is 0.102. The summed E-state index contributed by atoms with van der Waals surface area (Å²) in [5.74, 6) is -1.98. The molecule has 4 nitrogen and oxygen atoms in total. The largest absolute Gasteiger partial charge is 0.304 e. The number of para-hydroxylation sites is 1. The maximum Gasteiger partial charge on any atom is 0.259 e. The molecule has 0 saturated carbocycles. The Morgan fingerprint density at radius 1 is 1.12 bits per heavy atom. The lowest BCUT2D eigenvalue weighted by Crippen LogP contribution is -2.15. The molecule has 0 saturated heterocycles. The summed E-state index contributed by atoms with van der Waals surface area (Å²) in [6, 6.07) is 14.3. The summed E-state index contributed by atoms with van der Waals surface area (Å²) < 4.78 is 28.7. The highest BCUT2D eigenvalue weighted by Crippen LogP contribution is 2.25. The molecule has 0 unspecified atom stereocenters. The Bertz CT molecular complexity index is 1090. The maximum atomic E-state index is 13.8. The highest BCUT2D eigenvalue weighted by atomic mass is 32.1. The quantitative estimate of drug-likeness (QED) is 0.568. The molecule has 0 aliphatic heterocycles. The Kier molecular flexibility index (Phi) is 4.22. The molecule has 26 heavy (non-hydrogen) atoms. The van der Waals surface area contributed by atoms with Crippen LogP contribution in [0.1, 0.15) is 15.2 Å². The average molecular weight is 369 g/mol. The highest BCUT2D eigenvalue weighted by molar-refractivity contribution is 7.09. The van der Waals surface area contributed by atoms with E-state index in [-0.39, 0.29) is 5.56 Å². The van der Waals surface area contributed by atoms with Gasteiger partial charge in [0, 0.05) is 16.3 Å².